The molecule has 0 amide bonds. The molecule has 36 heavy (non-hydrogen) atoms. The number of benzene rings is 1. The van der Waals surface area contributed by atoms with Crippen molar-refractivity contribution in [3.63, 3.8) is 0 Å². The average molecular weight is 533 g/mol. The second-order valence-electron chi connectivity index (χ2n) is 9.42. The maximum absolute atomic E-state index is 13.4. The number of hydrogen-bond acceptors (Lipinski definition) is 7. The summed E-state index contributed by atoms with van der Waals surface area (Å²) in [5.74, 6) is 0.545. The van der Waals surface area contributed by atoms with Crippen molar-refractivity contribution < 1.29 is 17.9 Å². The molecule has 0 spiro atoms. The van der Waals surface area contributed by atoms with Crippen molar-refractivity contribution in [1.29, 1.82) is 0 Å². The third kappa shape index (κ3) is 4.99. The summed E-state index contributed by atoms with van der Waals surface area (Å²) in [5.41, 5.74) is 4.59. The highest BCUT2D eigenvalue weighted by atomic mass is 35.5. The zero-order valence-electron chi connectivity index (χ0n) is 20.8. The number of halogens is 1. The third-order valence-electron chi connectivity index (χ3n) is 7.38. The van der Waals surface area contributed by atoms with Crippen LogP contribution in [0.25, 0.3) is 5.03 Å². The van der Waals surface area contributed by atoms with Crippen molar-refractivity contribution in [1.82, 2.24) is 14.2 Å². The lowest BCUT2D eigenvalue weighted by molar-refractivity contribution is 0.00610. The Hall–Kier alpha value is -2.17. The van der Waals surface area contributed by atoms with Gasteiger partial charge in [-0.25, -0.2) is 8.42 Å². The maximum Gasteiger partial charge on any atom is 0.243 e. The summed E-state index contributed by atoms with van der Waals surface area (Å²) in [6.07, 6.45) is 4.87. The van der Waals surface area contributed by atoms with Gasteiger partial charge < -0.3 is 14.8 Å². The Bertz CT molecular complexity index is 1250. The number of nitrogens with zero attached hydrogens (tertiary/aromatic N) is 3. The summed E-state index contributed by atoms with van der Waals surface area (Å²) in [7, 11) is -0.162. The van der Waals surface area contributed by atoms with Gasteiger partial charge in [-0.2, -0.15) is 4.31 Å². The molecule has 5 rings (SSSR count). The molecule has 1 aromatic heterocycles. The summed E-state index contributed by atoms with van der Waals surface area (Å²) in [4.78, 5) is 7.50. The number of rotatable bonds is 7. The van der Waals surface area contributed by atoms with Crippen molar-refractivity contribution in [2.45, 2.75) is 36.6 Å². The Morgan fingerprint density at radius 3 is 2.61 bits per heavy atom. The van der Waals surface area contributed by atoms with Gasteiger partial charge in [0, 0.05) is 85.7 Å². The molecule has 0 unspecified atom stereocenters. The number of nitrogens with one attached hydrogen (secondary N) is 1. The van der Waals surface area contributed by atoms with E-state index in [2.05, 4.69) is 10.2 Å². The van der Waals surface area contributed by atoms with Crippen LogP contribution in [-0.2, 0) is 27.6 Å². The lowest BCUT2D eigenvalue weighted by Crippen LogP contribution is -2.50. The number of hydrogen-bond donors (Lipinski definition) is 1. The first kappa shape index (κ1) is 25.5. The van der Waals surface area contributed by atoms with Crippen LogP contribution in [0, 0.1) is 0 Å². The second-order valence-corrected chi connectivity index (χ2v) is 11.8. The molecular formula is C26H33ClN4O4S. The standard InChI is InChI=1S/C26H33ClN4O4S/c1-28-24-16-19(29-23-6-5-22(27)26(23)24)15-18-3-4-21(17-25(18)34-2)36(32,33)31-9-7-20(8-10-31)30-11-13-35-14-12-30/h3-5,16-17,20H,6-15H2,1-2H3,(H,28,29). The van der Waals surface area contributed by atoms with Crippen LogP contribution >= 0.6 is 11.6 Å². The zero-order chi connectivity index (χ0) is 25.3. The van der Waals surface area contributed by atoms with Gasteiger partial charge in [0.05, 0.1) is 30.9 Å². The molecule has 2 aromatic rings. The van der Waals surface area contributed by atoms with Crippen LogP contribution in [0.5, 0.6) is 5.75 Å². The lowest BCUT2D eigenvalue weighted by Gasteiger charge is -2.39. The fourth-order valence-corrected chi connectivity index (χ4v) is 7.19. The van der Waals surface area contributed by atoms with E-state index in [1.165, 1.54) is 0 Å². The van der Waals surface area contributed by atoms with E-state index < -0.39 is 10.0 Å². The van der Waals surface area contributed by atoms with E-state index in [0.717, 1.165) is 72.4 Å². The van der Waals surface area contributed by atoms with Gasteiger partial charge in [0.2, 0.25) is 10.0 Å². The molecular weight excluding hydrogens is 500 g/mol. The van der Waals surface area contributed by atoms with E-state index in [4.69, 9.17) is 26.1 Å². The molecule has 0 radical (unpaired) electrons. The number of pyridine rings is 1. The fraction of sp³-hybridized carbons (Fsp3) is 0.500. The Labute approximate surface area is 218 Å². The topological polar surface area (TPSA) is 84.0 Å². The van der Waals surface area contributed by atoms with E-state index >= 15 is 0 Å². The third-order valence-corrected chi connectivity index (χ3v) is 9.62. The number of anilines is 1. The van der Waals surface area contributed by atoms with Gasteiger partial charge in [0.25, 0.3) is 0 Å². The summed E-state index contributed by atoms with van der Waals surface area (Å²) in [6, 6.07) is 7.58. The zero-order valence-corrected chi connectivity index (χ0v) is 22.4. The van der Waals surface area contributed by atoms with Crippen LogP contribution in [0.4, 0.5) is 5.69 Å². The van der Waals surface area contributed by atoms with Gasteiger partial charge in [-0.15, -0.1) is 0 Å². The SMILES string of the molecule is CNc1cc(Cc2ccc(S(=O)(=O)N3CCC(N4CCOCC4)CC3)cc2OC)nc2c1C(Cl)=CC2. The van der Waals surface area contributed by atoms with Gasteiger partial charge >= 0.3 is 0 Å². The molecule has 2 saturated heterocycles. The lowest BCUT2D eigenvalue weighted by atomic mass is 10.0. The van der Waals surface area contributed by atoms with E-state index in [1.807, 2.05) is 25.3 Å². The summed E-state index contributed by atoms with van der Waals surface area (Å²) in [6.45, 7) is 4.41. The number of allylic oxidation sites excluding steroid dienone is 1. The number of morpholine rings is 1. The Balaban J connectivity index is 1.31. The average Bonchev–Trinajstić information content (AvgIpc) is 3.29. The largest absolute Gasteiger partial charge is 0.496 e. The normalized spacial score (nSPS) is 19.7. The van der Waals surface area contributed by atoms with Gasteiger partial charge in [-0.3, -0.25) is 9.88 Å². The molecule has 2 fully saturated rings. The minimum absolute atomic E-state index is 0.265. The maximum atomic E-state index is 13.4. The number of fused-ring (bicyclic) bond motifs is 1. The van der Waals surface area contributed by atoms with Crippen molar-refractivity contribution >= 4 is 32.3 Å². The molecule has 2 aliphatic heterocycles. The number of methoxy groups -OCH3 is 1. The number of aromatic nitrogens is 1. The van der Waals surface area contributed by atoms with Crippen LogP contribution in [0.1, 0.15) is 35.4 Å². The fourth-order valence-electron chi connectivity index (χ4n) is 5.41. The summed E-state index contributed by atoms with van der Waals surface area (Å²) >= 11 is 6.35. The molecule has 1 aliphatic carbocycles. The molecule has 10 heteroatoms. The van der Waals surface area contributed by atoms with Crippen molar-refractivity contribution in [3.05, 3.63) is 52.9 Å². The first-order valence-electron chi connectivity index (χ1n) is 12.5. The van der Waals surface area contributed by atoms with Crippen LogP contribution < -0.4 is 10.1 Å². The van der Waals surface area contributed by atoms with E-state index in [0.29, 0.717) is 37.7 Å². The van der Waals surface area contributed by atoms with Gasteiger partial charge in [-0.05, 0) is 25.0 Å². The smallest absolute Gasteiger partial charge is 0.243 e. The van der Waals surface area contributed by atoms with Crippen LogP contribution in [0.15, 0.2) is 35.2 Å². The minimum atomic E-state index is -3.60. The first-order chi connectivity index (χ1) is 17.4. The number of piperidine rings is 1. The summed E-state index contributed by atoms with van der Waals surface area (Å²) in [5, 5.41) is 3.93. The van der Waals surface area contributed by atoms with Gasteiger partial charge in [0.15, 0.2) is 0 Å². The second kappa shape index (κ2) is 10.7. The molecule has 0 atom stereocenters. The number of ether oxygens (including phenoxy) is 2. The van der Waals surface area contributed by atoms with Crippen molar-refractivity contribution in [2.75, 3.05) is 58.9 Å². The van der Waals surface area contributed by atoms with Gasteiger partial charge in [-0.1, -0.05) is 23.7 Å². The van der Waals surface area contributed by atoms with Crippen LogP contribution in [-0.4, -0.2) is 82.2 Å². The summed E-state index contributed by atoms with van der Waals surface area (Å²) < 4.78 is 39.6. The van der Waals surface area contributed by atoms with Crippen LogP contribution in [0.3, 0.4) is 0 Å². The predicted molar refractivity (Wildman–Crippen MR) is 141 cm³/mol. The highest BCUT2D eigenvalue weighted by Crippen LogP contribution is 2.36. The molecule has 1 N–H and O–H groups in total. The Morgan fingerprint density at radius 1 is 1.17 bits per heavy atom. The Morgan fingerprint density at radius 2 is 1.92 bits per heavy atom. The minimum Gasteiger partial charge on any atom is -0.496 e. The molecule has 0 bridgehead atoms. The molecule has 3 heterocycles. The monoisotopic (exact) mass is 532 g/mol. The first-order valence-corrected chi connectivity index (χ1v) is 14.3. The van der Waals surface area contributed by atoms with Crippen molar-refractivity contribution in [3.8, 4) is 5.75 Å². The molecule has 8 nitrogen and oxygen atoms in total. The van der Waals surface area contributed by atoms with Gasteiger partial charge in [0.1, 0.15) is 5.75 Å². The Kier molecular flexibility index (Phi) is 7.55. The highest BCUT2D eigenvalue weighted by Gasteiger charge is 2.32. The molecule has 3 aliphatic rings. The van der Waals surface area contributed by atoms with E-state index in [1.54, 1.807) is 23.5 Å². The molecule has 194 valence electrons. The number of sulfonamides is 1. The highest BCUT2D eigenvalue weighted by molar-refractivity contribution is 7.89. The van der Waals surface area contributed by atoms with Crippen LogP contribution in [0.2, 0.25) is 0 Å². The molecule has 1 aromatic carbocycles. The van der Waals surface area contributed by atoms with Crippen molar-refractivity contribution in [2.24, 2.45) is 0 Å². The molecule has 0 saturated carbocycles. The van der Waals surface area contributed by atoms with E-state index in [9.17, 15) is 8.42 Å². The predicted octanol–water partition coefficient (Wildman–Crippen LogP) is 3.34. The quantitative estimate of drug-likeness (QED) is 0.585. The van der Waals surface area contributed by atoms with E-state index in [-0.39, 0.29) is 4.90 Å².